The SMILES string of the molecule is CCNC(CN1CCCN(C)CC1C)c1ccccc1. The molecule has 1 fully saturated rings. The summed E-state index contributed by atoms with van der Waals surface area (Å²) < 4.78 is 0. The standard InChI is InChI=1S/C17H29N3/c1-4-18-17(16-9-6-5-7-10-16)14-20-12-8-11-19(3)13-15(20)2/h5-7,9-10,15,17-18H,4,8,11-14H2,1-3H3. The Morgan fingerprint density at radius 3 is 2.70 bits per heavy atom. The molecule has 0 spiro atoms. The zero-order valence-corrected chi connectivity index (χ0v) is 13.2. The number of likely N-dealkylation sites (N-methyl/N-ethyl adjacent to an activating group) is 2. The number of hydrogen-bond donors (Lipinski definition) is 1. The summed E-state index contributed by atoms with van der Waals surface area (Å²) in [6.07, 6.45) is 1.27. The van der Waals surface area contributed by atoms with E-state index in [4.69, 9.17) is 0 Å². The lowest BCUT2D eigenvalue weighted by Crippen LogP contribution is -2.42. The van der Waals surface area contributed by atoms with Gasteiger partial charge in [-0.1, -0.05) is 37.3 Å². The van der Waals surface area contributed by atoms with Gasteiger partial charge in [0.25, 0.3) is 0 Å². The van der Waals surface area contributed by atoms with Crippen LogP contribution in [0.3, 0.4) is 0 Å². The fraction of sp³-hybridized carbons (Fsp3) is 0.647. The van der Waals surface area contributed by atoms with Gasteiger partial charge in [-0.2, -0.15) is 0 Å². The molecule has 3 nitrogen and oxygen atoms in total. The van der Waals surface area contributed by atoms with Crippen LogP contribution in [-0.4, -0.2) is 55.6 Å². The van der Waals surface area contributed by atoms with Gasteiger partial charge in [0, 0.05) is 25.2 Å². The zero-order chi connectivity index (χ0) is 14.4. The molecule has 1 aromatic carbocycles. The van der Waals surface area contributed by atoms with Crippen LogP contribution in [0.15, 0.2) is 30.3 Å². The van der Waals surface area contributed by atoms with E-state index >= 15 is 0 Å². The van der Waals surface area contributed by atoms with Gasteiger partial charge in [-0.3, -0.25) is 4.90 Å². The lowest BCUT2D eigenvalue weighted by Gasteiger charge is -2.32. The molecule has 1 aromatic rings. The third kappa shape index (κ3) is 4.30. The first-order chi connectivity index (χ1) is 9.70. The number of nitrogens with zero attached hydrogens (tertiary/aromatic N) is 2. The highest BCUT2D eigenvalue weighted by Crippen LogP contribution is 2.17. The predicted molar refractivity (Wildman–Crippen MR) is 86.0 cm³/mol. The predicted octanol–water partition coefficient (Wildman–Crippen LogP) is 2.36. The van der Waals surface area contributed by atoms with E-state index in [2.05, 4.69) is 66.3 Å². The molecule has 2 unspecified atom stereocenters. The number of hydrogen-bond acceptors (Lipinski definition) is 3. The summed E-state index contributed by atoms with van der Waals surface area (Å²) in [5, 5.41) is 3.64. The van der Waals surface area contributed by atoms with Gasteiger partial charge in [0.05, 0.1) is 0 Å². The van der Waals surface area contributed by atoms with Gasteiger partial charge >= 0.3 is 0 Å². The molecule has 0 aliphatic carbocycles. The van der Waals surface area contributed by atoms with Crippen molar-refractivity contribution >= 4 is 0 Å². The van der Waals surface area contributed by atoms with E-state index in [1.54, 1.807) is 0 Å². The Balaban J connectivity index is 2.03. The van der Waals surface area contributed by atoms with Gasteiger partial charge in [-0.15, -0.1) is 0 Å². The van der Waals surface area contributed by atoms with Crippen molar-refractivity contribution in [3.05, 3.63) is 35.9 Å². The molecular formula is C17H29N3. The van der Waals surface area contributed by atoms with Crippen molar-refractivity contribution in [1.29, 1.82) is 0 Å². The molecule has 1 heterocycles. The average molecular weight is 275 g/mol. The molecule has 20 heavy (non-hydrogen) atoms. The number of nitrogens with one attached hydrogen (secondary N) is 1. The third-order valence-electron chi connectivity index (χ3n) is 4.25. The number of benzene rings is 1. The molecule has 112 valence electrons. The van der Waals surface area contributed by atoms with E-state index in [-0.39, 0.29) is 0 Å². The van der Waals surface area contributed by atoms with Crippen molar-refractivity contribution in [2.24, 2.45) is 0 Å². The molecule has 1 saturated heterocycles. The highest BCUT2D eigenvalue weighted by Gasteiger charge is 2.22. The molecular weight excluding hydrogens is 246 g/mol. The second kappa shape index (κ2) is 7.77. The Labute approximate surface area is 124 Å². The van der Waals surface area contributed by atoms with E-state index in [1.165, 1.54) is 31.6 Å². The zero-order valence-electron chi connectivity index (χ0n) is 13.2. The van der Waals surface area contributed by atoms with Crippen LogP contribution in [0.1, 0.15) is 31.9 Å². The first-order valence-electron chi connectivity index (χ1n) is 7.91. The average Bonchev–Trinajstić information content (AvgIpc) is 2.60. The van der Waals surface area contributed by atoms with E-state index < -0.39 is 0 Å². The van der Waals surface area contributed by atoms with Crippen LogP contribution in [0.4, 0.5) is 0 Å². The minimum atomic E-state index is 0.437. The van der Waals surface area contributed by atoms with E-state index in [0.29, 0.717) is 12.1 Å². The second-order valence-corrected chi connectivity index (χ2v) is 5.98. The molecule has 0 radical (unpaired) electrons. The quantitative estimate of drug-likeness (QED) is 0.890. The molecule has 2 rings (SSSR count). The summed E-state index contributed by atoms with van der Waals surface area (Å²) in [5.41, 5.74) is 1.40. The maximum absolute atomic E-state index is 3.64. The fourth-order valence-corrected chi connectivity index (χ4v) is 3.15. The van der Waals surface area contributed by atoms with Gasteiger partial charge in [-0.25, -0.2) is 0 Å². The molecule has 2 atom stereocenters. The molecule has 0 amide bonds. The summed E-state index contributed by atoms with van der Waals surface area (Å²) in [7, 11) is 2.24. The van der Waals surface area contributed by atoms with Gasteiger partial charge in [0.2, 0.25) is 0 Å². The molecule has 3 heteroatoms. The van der Waals surface area contributed by atoms with Gasteiger partial charge in [0.15, 0.2) is 0 Å². The smallest absolute Gasteiger partial charge is 0.0449 e. The van der Waals surface area contributed by atoms with Crippen LogP contribution in [0.5, 0.6) is 0 Å². The molecule has 1 N–H and O–H groups in total. The molecule has 0 aromatic heterocycles. The number of rotatable bonds is 5. The molecule has 1 aliphatic rings. The lowest BCUT2D eigenvalue weighted by atomic mass is 10.1. The Hall–Kier alpha value is -0.900. The normalized spacial score (nSPS) is 23.4. The summed E-state index contributed by atoms with van der Waals surface area (Å²) >= 11 is 0. The van der Waals surface area contributed by atoms with Crippen LogP contribution in [-0.2, 0) is 0 Å². The monoisotopic (exact) mass is 275 g/mol. The topological polar surface area (TPSA) is 18.5 Å². The highest BCUT2D eigenvalue weighted by atomic mass is 15.2. The Kier molecular flexibility index (Phi) is 6.02. The van der Waals surface area contributed by atoms with E-state index in [0.717, 1.165) is 13.1 Å². The van der Waals surface area contributed by atoms with Crippen molar-refractivity contribution in [1.82, 2.24) is 15.1 Å². The lowest BCUT2D eigenvalue weighted by molar-refractivity contribution is 0.183. The van der Waals surface area contributed by atoms with E-state index in [1.807, 2.05) is 0 Å². The Bertz CT molecular complexity index is 379. The fourth-order valence-electron chi connectivity index (χ4n) is 3.15. The summed E-state index contributed by atoms with van der Waals surface area (Å²) in [6, 6.07) is 11.9. The van der Waals surface area contributed by atoms with Crippen molar-refractivity contribution in [2.75, 3.05) is 39.8 Å². The highest BCUT2D eigenvalue weighted by molar-refractivity contribution is 5.19. The molecule has 0 bridgehead atoms. The summed E-state index contributed by atoms with van der Waals surface area (Å²) in [6.45, 7) is 10.3. The Morgan fingerprint density at radius 1 is 1.25 bits per heavy atom. The van der Waals surface area contributed by atoms with Crippen LogP contribution in [0.2, 0.25) is 0 Å². The van der Waals surface area contributed by atoms with Gasteiger partial charge in [0.1, 0.15) is 0 Å². The van der Waals surface area contributed by atoms with Crippen LogP contribution < -0.4 is 5.32 Å². The molecule has 1 aliphatic heterocycles. The van der Waals surface area contributed by atoms with Gasteiger partial charge in [-0.05, 0) is 45.6 Å². The van der Waals surface area contributed by atoms with Crippen molar-refractivity contribution in [3.63, 3.8) is 0 Å². The van der Waals surface area contributed by atoms with Crippen LogP contribution in [0.25, 0.3) is 0 Å². The van der Waals surface area contributed by atoms with Crippen LogP contribution in [0, 0.1) is 0 Å². The Morgan fingerprint density at radius 2 is 2.00 bits per heavy atom. The summed E-state index contributed by atoms with van der Waals surface area (Å²) in [5.74, 6) is 0. The maximum Gasteiger partial charge on any atom is 0.0449 e. The first kappa shape index (κ1) is 15.5. The minimum Gasteiger partial charge on any atom is -0.309 e. The third-order valence-corrected chi connectivity index (χ3v) is 4.25. The second-order valence-electron chi connectivity index (χ2n) is 5.98. The summed E-state index contributed by atoms with van der Waals surface area (Å²) in [4.78, 5) is 5.10. The first-order valence-corrected chi connectivity index (χ1v) is 7.91. The van der Waals surface area contributed by atoms with Crippen molar-refractivity contribution in [3.8, 4) is 0 Å². The van der Waals surface area contributed by atoms with Gasteiger partial charge < -0.3 is 10.2 Å². The van der Waals surface area contributed by atoms with Crippen molar-refractivity contribution < 1.29 is 0 Å². The minimum absolute atomic E-state index is 0.437. The molecule has 0 saturated carbocycles. The van der Waals surface area contributed by atoms with Crippen molar-refractivity contribution in [2.45, 2.75) is 32.4 Å². The van der Waals surface area contributed by atoms with Crippen LogP contribution >= 0.6 is 0 Å². The maximum atomic E-state index is 3.64. The largest absolute Gasteiger partial charge is 0.309 e. The van der Waals surface area contributed by atoms with E-state index in [9.17, 15) is 0 Å².